The molecule has 0 bridgehead atoms. The highest BCUT2D eigenvalue weighted by Crippen LogP contribution is 2.36. The van der Waals surface area contributed by atoms with E-state index in [4.69, 9.17) is 11.6 Å². The van der Waals surface area contributed by atoms with Crippen LogP contribution in [-0.4, -0.2) is 45.8 Å². The lowest BCUT2D eigenvalue weighted by Gasteiger charge is -2.42. The van der Waals surface area contributed by atoms with Crippen molar-refractivity contribution in [1.82, 2.24) is 20.6 Å². The molecular weight excluding hydrogens is 378 g/mol. The Labute approximate surface area is 171 Å². The maximum atomic E-state index is 12.6. The maximum absolute atomic E-state index is 12.6. The van der Waals surface area contributed by atoms with Gasteiger partial charge in [0.25, 0.3) is 5.91 Å². The van der Waals surface area contributed by atoms with Crippen molar-refractivity contribution in [1.29, 1.82) is 0 Å². The van der Waals surface area contributed by atoms with Gasteiger partial charge < -0.3 is 16.0 Å². The summed E-state index contributed by atoms with van der Waals surface area (Å²) in [5.74, 6) is 0.811. The average Bonchev–Trinajstić information content (AvgIpc) is 2.66. The highest BCUT2D eigenvalue weighted by atomic mass is 35.5. The Morgan fingerprint density at radius 2 is 2.11 bits per heavy atom. The summed E-state index contributed by atoms with van der Waals surface area (Å²) in [5.41, 5.74) is 0.316. The lowest BCUT2D eigenvalue weighted by molar-refractivity contribution is -0.130. The van der Waals surface area contributed by atoms with Crippen molar-refractivity contribution in [3.05, 3.63) is 18.0 Å². The first kappa shape index (κ1) is 20.8. The standard InChI is InChI=1S/C20H30ClN5O2/c1-11(2)10-23-19(28)17-6-7-22-20(26-17)24-12(3)15-9-13-8-14(21)4-5-16(13)25-18(15)27/h6-7,11-16H,4-5,8-10H2,1-3H3,(H,23,28)(H,25,27)(H,22,24,26)/t12-,13?,14?,15?,16?/m0/s1. The quantitative estimate of drug-likeness (QED) is 0.630. The molecule has 3 rings (SSSR count). The van der Waals surface area contributed by atoms with Gasteiger partial charge in [0.1, 0.15) is 5.69 Å². The number of halogens is 1. The molecule has 1 saturated carbocycles. The minimum atomic E-state index is -0.222. The molecule has 2 aliphatic rings. The van der Waals surface area contributed by atoms with Gasteiger partial charge in [-0.1, -0.05) is 13.8 Å². The molecule has 0 aromatic carbocycles. The molecule has 4 unspecified atom stereocenters. The average molecular weight is 408 g/mol. The van der Waals surface area contributed by atoms with Crippen LogP contribution in [0, 0.1) is 17.8 Å². The van der Waals surface area contributed by atoms with Gasteiger partial charge in [0.05, 0.1) is 5.92 Å². The van der Waals surface area contributed by atoms with Gasteiger partial charge in [0.15, 0.2) is 0 Å². The van der Waals surface area contributed by atoms with Gasteiger partial charge in [-0.2, -0.15) is 0 Å². The molecular formula is C20H30ClN5O2. The first-order valence-electron chi connectivity index (χ1n) is 10.2. The van der Waals surface area contributed by atoms with Crippen LogP contribution in [0.2, 0.25) is 0 Å². The summed E-state index contributed by atoms with van der Waals surface area (Å²) >= 11 is 6.34. The van der Waals surface area contributed by atoms with E-state index in [1.54, 1.807) is 12.3 Å². The minimum absolute atomic E-state index is 0.0695. The number of aromatic nitrogens is 2. The second-order valence-corrected chi connectivity index (χ2v) is 9.05. The molecule has 1 aromatic rings. The number of hydrogen-bond acceptors (Lipinski definition) is 5. The van der Waals surface area contributed by atoms with E-state index in [2.05, 4.69) is 25.9 Å². The molecule has 0 spiro atoms. The summed E-state index contributed by atoms with van der Waals surface area (Å²) in [5, 5.41) is 9.43. The lowest BCUT2D eigenvalue weighted by Crippen LogP contribution is -2.55. The van der Waals surface area contributed by atoms with Gasteiger partial charge >= 0.3 is 0 Å². The highest BCUT2D eigenvalue weighted by molar-refractivity contribution is 6.20. The zero-order valence-corrected chi connectivity index (χ0v) is 17.5. The zero-order valence-electron chi connectivity index (χ0n) is 16.7. The second kappa shape index (κ2) is 9.07. The predicted molar refractivity (Wildman–Crippen MR) is 109 cm³/mol. The highest BCUT2D eigenvalue weighted by Gasteiger charge is 2.41. The Bertz CT molecular complexity index is 714. The van der Waals surface area contributed by atoms with Gasteiger partial charge in [0.2, 0.25) is 11.9 Å². The Morgan fingerprint density at radius 1 is 1.32 bits per heavy atom. The fraction of sp³-hybridized carbons (Fsp3) is 0.700. The molecule has 3 N–H and O–H groups in total. The van der Waals surface area contributed by atoms with Gasteiger partial charge in [0, 0.05) is 30.2 Å². The first-order chi connectivity index (χ1) is 13.3. The van der Waals surface area contributed by atoms with E-state index < -0.39 is 0 Å². The molecule has 2 heterocycles. The smallest absolute Gasteiger partial charge is 0.270 e. The molecule has 2 amide bonds. The second-order valence-electron chi connectivity index (χ2n) is 8.43. The number of anilines is 1. The molecule has 8 heteroatoms. The molecule has 1 aliphatic heterocycles. The van der Waals surface area contributed by atoms with Crippen molar-refractivity contribution in [3.63, 3.8) is 0 Å². The van der Waals surface area contributed by atoms with Crippen LogP contribution < -0.4 is 16.0 Å². The van der Waals surface area contributed by atoms with E-state index in [-0.39, 0.29) is 35.2 Å². The number of nitrogens with one attached hydrogen (secondary N) is 3. The normalized spacial score (nSPS) is 28.2. The predicted octanol–water partition coefficient (Wildman–Crippen LogP) is 2.58. The van der Waals surface area contributed by atoms with E-state index >= 15 is 0 Å². The fourth-order valence-corrected chi connectivity index (χ4v) is 4.41. The number of carbonyl (C=O) groups excluding carboxylic acids is 2. The summed E-state index contributed by atoms with van der Waals surface area (Å²) < 4.78 is 0. The summed E-state index contributed by atoms with van der Waals surface area (Å²) in [7, 11) is 0. The van der Waals surface area contributed by atoms with Crippen molar-refractivity contribution in [2.45, 2.75) is 63.9 Å². The van der Waals surface area contributed by atoms with Crippen molar-refractivity contribution in [2.24, 2.45) is 17.8 Å². The molecule has 1 aromatic heterocycles. The summed E-state index contributed by atoms with van der Waals surface area (Å²) in [4.78, 5) is 33.4. The van der Waals surface area contributed by atoms with Gasteiger partial charge in [-0.05, 0) is 50.5 Å². The number of fused-ring (bicyclic) bond motifs is 1. The largest absolute Gasteiger partial charge is 0.353 e. The SMILES string of the molecule is CC(C)CNC(=O)c1ccnc(N[C@@H](C)C2CC3CC(Cl)CCC3NC2=O)n1. The minimum Gasteiger partial charge on any atom is -0.353 e. The van der Waals surface area contributed by atoms with Crippen molar-refractivity contribution in [2.75, 3.05) is 11.9 Å². The van der Waals surface area contributed by atoms with Crippen LogP contribution in [0.15, 0.2) is 12.3 Å². The van der Waals surface area contributed by atoms with E-state index in [9.17, 15) is 9.59 Å². The van der Waals surface area contributed by atoms with Gasteiger partial charge in [-0.3, -0.25) is 9.59 Å². The topological polar surface area (TPSA) is 96.0 Å². The van der Waals surface area contributed by atoms with Crippen molar-refractivity contribution < 1.29 is 9.59 Å². The van der Waals surface area contributed by atoms with Crippen LogP contribution in [0.25, 0.3) is 0 Å². The molecule has 5 atom stereocenters. The van der Waals surface area contributed by atoms with Crippen molar-refractivity contribution >= 4 is 29.4 Å². The van der Waals surface area contributed by atoms with Crippen molar-refractivity contribution in [3.8, 4) is 0 Å². The number of rotatable bonds is 6. The molecule has 1 saturated heterocycles. The van der Waals surface area contributed by atoms with E-state index in [1.807, 2.05) is 20.8 Å². The maximum Gasteiger partial charge on any atom is 0.270 e. The Hall–Kier alpha value is -1.89. The summed E-state index contributed by atoms with van der Waals surface area (Å²) in [6.07, 6.45) is 5.22. The van der Waals surface area contributed by atoms with Crippen LogP contribution in [0.3, 0.4) is 0 Å². The lowest BCUT2D eigenvalue weighted by atomic mass is 9.74. The van der Waals surface area contributed by atoms with Crippen LogP contribution in [-0.2, 0) is 4.79 Å². The van der Waals surface area contributed by atoms with Crippen LogP contribution in [0.5, 0.6) is 0 Å². The molecule has 0 radical (unpaired) electrons. The van der Waals surface area contributed by atoms with E-state index in [1.165, 1.54) is 0 Å². The molecule has 2 fully saturated rings. The molecule has 7 nitrogen and oxygen atoms in total. The zero-order chi connectivity index (χ0) is 20.3. The number of carbonyl (C=O) groups is 2. The van der Waals surface area contributed by atoms with Gasteiger partial charge in [-0.25, -0.2) is 9.97 Å². The number of nitrogens with zero attached hydrogens (tertiary/aromatic N) is 2. The Kier molecular flexibility index (Phi) is 6.75. The number of alkyl halides is 1. The molecule has 28 heavy (non-hydrogen) atoms. The third-order valence-corrected chi connectivity index (χ3v) is 6.06. The Balaban J connectivity index is 1.62. The number of amides is 2. The van der Waals surface area contributed by atoms with E-state index in [0.29, 0.717) is 30.0 Å². The van der Waals surface area contributed by atoms with Crippen LogP contribution >= 0.6 is 11.6 Å². The van der Waals surface area contributed by atoms with Crippen LogP contribution in [0.1, 0.15) is 56.9 Å². The number of piperidine rings is 1. The number of hydrogen-bond donors (Lipinski definition) is 3. The Morgan fingerprint density at radius 3 is 2.86 bits per heavy atom. The monoisotopic (exact) mass is 407 g/mol. The molecule has 1 aliphatic carbocycles. The summed E-state index contributed by atoms with van der Waals surface area (Å²) in [6, 6.07) is 1.69. The summed E-state index contributed by atoms with van der Waals surface area (Å²) in [6.45, 7) is 6.62. The first-order valence-corrected chi connectivity index (χ1v) is 10.6. The van der Waals surface area contributed by atoms with Gasteiger partial charge in [-0.15, -0.1) is 11.6 Å². The van der Waals surface area contributed by atoms with E-state index in [0.717, 1.165) is 25.7 Å². The molecule has 154 valence electrons. The third kappa shape index (κ3) is 5.13. The fourth-order valence-electron chi connectivity index (χ4n) is 4.06. The van der Waals surface area contributed by atoms with Crippen LogP contribution in [0.4, 0.5) is 5.95 Å². The third-order valence-electron chi connectivity index (χ3n) is 5.66.